The lowest BCUT2D eigenvalue weighted by Crippen LogP contribution is -2.41. The predicted octanol–water partition coefficient (Wildman–Crippen LogP) is 3.33. The summed E-state index contributed by atoms with van der Waals surface area (Å²) in [4.78, 5) is 13.7. The van der Waals surface area contributed by atoms with Crippen LogP contribution in [0.3, 0.4) is 0 Å². The van der Waals surface area contributed by atoms with Crippen LogP contribution < -0.4 is 15.5 Å². The second kappa shape index (κ2) is 14.0. The van der Waals surface area contributed by atoms with E-state index in [9.17, 15) is 0 Å². The fourth-order valence-electron chi connectivity index (χ4n) is 3.04. The molecule has 0 saturated heterocycles. The number of halogens is 1. The molecule has 0 unspecified atom stereocenters. The Bertz CT molecular complexity index is 537. The highest BCUT2D eigenvalue weighted by atomic mass is 127. The molecule has 0 radical (unpaired) electrons. The van der Waals surface area contributed by atoms with Crippen LogP contribution in [-0.2, 0) is 6.54 Å². The van der Waals surface area contributed by atoms with Gasteiger partial charge in [0, 0.05) is 57.6 Å². The van der Waals surface area contributed by atoms with Crippen molar-refractivity contribution in [2.75, 3.05) is 38.6 Å². The summed E-state index contributed by atoms with van der Waals surface area (Å²) in [6.45, 7) is 14.6. The zero-order valence-corrected chi connectivity index (χ0v) is 20.4. The lowest BCUT2D eigenvalue weighted by atomic mass is 10.2. The van der Waals surface area contributed by atoms with Crippen molar-refractivity contribution >= 4 is 35.8 Å². The molecule has 0 spiro atoms. The lowest BCUT2D eigenvalue weighted by molar-refractivity contribution is 0.173. The summed E-state index contributed by atoms with van der Waals surface area (Å²) in [7, 11) is 4.02. The number of rotatable bonds is 10. The van der Waals surface area contributed by atoms with Gasteiger partial charge in [-0.15, -0.1) is 24.0 Å². The Kier molecular flexibility index (Phi) is 13.4. The lowest BCUT2D eigenvalue weighted by Gasteiger charge is -2.30. The van der Waals surface area contributed by atoms with E-state index in [2.05, 4.69) is 61.2 Å². The summed E-state index contributed by atoms with van der Waals surface area (Å²) in [5, 5.41) is 6.78. The number of hydrogen-bond acceptors (Lipinski definition) is 4. The third-order valence-corrected chi connectivity index (χ3v) is 4.25. The van der Waals surface area contributed by atoms with Crippen molar-refractivity contribution in [3.8, 4) is 0 Å². The molecule has 0 aliphatic heterocycles. The first-order chi connectivity index (χ1) is 12.4. The van der Waals surface area contributed by atoms with E-state index in [4.69, 9.17) is 4.99 Å². The quantitative estimate of drug-likeness (QED) is 0.228. The maximum absolute atomic E-state index is 4.73. The van der Waals surface area contributed by atoms with E-state index in [1.54, 1.807) is 0 Å². The van der Waals surface area contributed by atoms with Crippen molar-refractivity contribution in [3.05, 3.63) is 23.9 Å². The summed E-state index contributed by atoms with van der Waals surface area (Å²) in [5.74, 6) is 1.83. The van der Waals surface area contributed by atoms with Crippen LogP contribution in [0.2, 0.25) is 0 Å². The molecule has 156 valence electrons. The minimum Gasteiger partial charge on any atom is -0.362 e. The van der Waals surface area contributed by atoms with Gasteiger partial charge in [-0.1, -0.05) is 6.07 Å². The molecule has 1 aromatic heterocycles. The van der Waals surface area contributed by atoms with Gasteiger partial charge in [0.1, 0.15) is 5.82 Å². The highest BCUT2D eigenvalue weighted by molar-refractivity contribution is 14.0. The van der Waals surface area contributed by atoms with Crippen LogP contribution >= 0.6 is 24.0 Å². The fraction of sp³-hybridized carbons (Fsp3) is 0.700. The molecule has 6 nitrogen and oxygen atoms in total. The highest BCUT2D eigenvalue weighted by Gasteiger charge is 2.12. The van der Waals surface area contributed by atoms with Crippen LogP contribution in [0.1, 0.15) is 46.6 Å². The van der Waals surface area contributed by atoms with E-state index in [0.717, 1.165) is 43.4 Å². The van der Waals surface area contributed by atoms with Gasteiger partial charge in [-0.2, -0.15) is 0 Å². The topological polar surface area (TPSA) is 55.8 Å². The molecule has 7 heteroatoms. The molecule has 0 aromatic carbocycles. The number of aliphatic imine (C=N–C) groups is 1. The number of anilines is 1. The van der Waals surface area contributed by atoms with Gasteiger partial charge in [-0.3, -0.25) is 4.90 Å². The molecule has 0 atom stereocenters. The first kappa shape index (κ1) is 25.9. The summed E-state index contributed by atoms with van der Waals surface area (Å²) >= 11 is 0. The largest absolute Gasteiger partial charge is 0.362 e. The predicted molar refractivity (Wildman–Crippen MR) is 128 cm³/mol. The average molecular weight is 490 g/mol. The monoisotopic (exact) mass is 490 g/mol. The van der Waals surface area contributed by atoms with Crippen LogP contribution in [0, 0.1) is 0 Å². The van der Waals surface area contributed by atoms with Gasteiger partial charge < -0.3 is 15.5 Å². The molecular formula is C20H39IN6. The first-order valence-corrected chi connectivity index (χ1v) is 9.75. The molecule has 0 bridgehead atoms. The summed E-state index contributed by atoms with van der Waals surface area (Å²) in [6, 6.07) is 5.20. The van der Waals surface area contributed by atoms with Gasteiger partial charge in [0.25, 0.3) is 0 Å². The third-order valence-electron chi connectivity index (χ3n) is 4.25. The number of nitrogens with one attached hydrogen (secondary N) is 2. The van der Waals surface area contributed by atoms with Gasteiger partial charge in [-0.05, 0) is 47.1 Å². The highest BCUT2D eigenvalue weighted by Crippen LogP contribution is 2.15. The van der Waals surface area contributed by atoms with Crippen molar-refractivity contribution < 1.29 is 0 Å². The Hall–Kier alpha value is -1.09. The number of nitrogens with zero attached hydrogens (tertiary/aromatic N) is 4. The second-order valence-electron chi connectivity index (χ2n) is 7.28. The molecule has 1 heterocycles. The number of guanidine groups is 1. The maximum Gasteiger partial charge on any atom is 0.191 e. The number of pyridine rings is 1. The van der Waals surface area contributed by atoms with Crippen LogP contribution in [0.25, 0.3) is 0 Å². The molecule has 0 aliphatic carbocycles. The smallest absolute Gasteiger partial charge is 0.191 e. The van der Waals surface area contributed by atoms with Crippen molar-refractivity contribution in [3.63, 3.8) is 0 Å². The van der Waals surface area contributed by atoms with Crippen molar-refractivity contribution in [1.82, 2.24) is 20.5 Å². The van der Waals surface area contributed by atoms with Gasteiger partial charge in [0.2, 0.25) is 0 Å². The van der Waals surface area contributed by atoms with Crippen molar-refractivity contribution in [2.45, 2.75) is 59.7 Å². The number of hydrogen-bond donors (Lipinski definition) is 2. The van der Waals surface area contributed by atoms with Crippen LogP contribution in [0.4, 0.5) is 5.82 Å². The van der Waals surface area contributed by atoms with E-state index < -0.39 is 0 Å². The molecule has 0 saturated carbocycles. The van der Waals surface area contributed by atoms with E-state index in [-0.39, 0.29) is 24.0 Å². The Balaban J connectivity index is 0.00000676. The molecule has 0 fully saturated rings. The third kappa shape index (κ3) is 9.60. The Morgan fingerprint density at radius 1 is 1.15 bits per heavy atom. The molecular weight excluding hydrogens is 451 g/mol. The summed E-state index contributed by atoms with van der Waals surface area (Å²) < 4.78 is 0. The average Bonchev–Trinajstić information content (AvgIpc) is 2.58. The Morgan fingerprint density at radius 2 is 1.81 bits per heavy atom. The molecule has 0 amide bonds. The van der Waals surface area contributed by atoms with E-state index in [0.29, 0.717) is 18.6 Å². The molecule has 2 N–H and O–H groups in total. The van der Waals surface area contributed by atoms with Crippen LogP contribution in [-0.4, -0.2) is 61.7 Å². The van der Waals surface area contributed by atoms with Crippen LogP contribution in [0.15, 0.2) is 23.3 Å². The Morgan fingerprint density at radius 3 is 2.37 bits per heavy atom. The first-order valence-electron chi connectivity index (χ1n) is 9.75. The SMILES string of the molecule is CCNC(=NCc1cccnc1N(C)C)NCCCN(C(C)C)C(C)C.I. The van der Waals surface area contributed by atoms with Gasteiger partial charge in [0.05, 0.1) is 6.54 Å². The van der Waals surface area contributed by atoms with E-state index >= 15 is 0 Å². The molecule has 0 aliphatic rings. The van der Waals surface area contributed by atoms with Gasteiger partial charge in [-0.25, -0.2) is 9.98 Å². The standard InChI is InChI=1S/C20H38N6.HI/c1-8-21-20(23-13-10-14-26(16(2)3)17(4)5)24-15-18-11-9-12-22-19(18)25(6)7;/h9,11-12,16-17H,8,10,13-15H2,1-7H3,(H2,21,23,24);1H. The van der Waals surface area contributed by atoms with Gasteiger partial charge in [0.15, 0.2) is 5.96 Å². The minimum atomic E-state index is 0. The molecule has 1 aromatic rings. The minimum absolute atomic E-state index is 0. The molecule has 27 heavy (non-hydrogen) atoms. The van der Waals surface area contributed by atoms with Gasteiger partial charge >= 0.3 is 0 Å². The maximum atomic E-state index is 4.73. The van der Waals surface area contributed by atoms with Crippen molar-refractivity contribution in [2.24, 2.45) is 4.99 Å². The summed E-state index contributed by atoms with van der Waals surface area (Å²) in [6.07, 6.45) is 2.91. The summed E-state index contributed by atoms with van der Waals surface area (Å²) in [5.41, 5.74) is 1.13. The second-order valence-corrected chi connectivity index (χ2v) is 7.28. The normalized spacial score (nSPS) is 11.7. The van der Waals surface area contributed by atoms with Crippen LogP contribution in [0.5, 0.6) is 0 Å². The zero-order chi connectivity index (χ0) is 19.5. The van der Waals surface area contributed by atoms with Crippen molar-refractivity contribution in [1.29, 1.82) is 0 Å². The van der Waals surface area contributed by atoms with E-state index in [1.807, 2.05) is 31.3 Å². The molecule has 1 rings (SSSR count). The number of aromatic nitrogens is 1. The Labute approximate surface area is 183 Å². The van der Waals surface area contributed by atoms with E-state index in [1.165, 1.54) is 0 Å². The zero-order valence-electron chi connectivity index (χ0n) is 18.1. The fourth-order valence-corrected chi connectivity index (χ4v) is 3.04.